The Hall–Kier alpha value is -3.32. The fourth-order valence-corrected chi connectivity index (χ4v) is 3.51. The van der Waals surface area contributed by atoms with Gasteiger partial charge < -0.3 is 4.74 Å². The van der Waals surface area contributed by atoms with Crippen LogP contribution in [0.5, 0.6) is 5.75 Å². The van der Waals surface area contributed by atoms with E-state index in [9.17, 15) is 0 Å². The molecule has 0 saturated carbocycles. The van der Waals surface area contributed by atoms with Gasteiger partial charge >= 0.3 is 0 Å². The third-order valence-corrected chi connectivity index (χ3v) is 4.96. The van der Waals surface area contributed by atoms with E-state index < -0.39 is 0 Å². The highest BCUT2D eigenvalue weighted by Gasteiger charge is 2.11. The molecule has 0 aliphatic carbocycles. The molecule has 7 heteroatoms. The van der Waals surface area contributed by atoms with E-state index in [1.165, 1.54) is 0 Å². The second-order valence-electron chi connectivity index (χ2n) is 5.70. The molecule has 0 unspecified atom stereocenters. The Morgan fingerprint density at radius 1 is 0.962 bits per heavy atom. The number of fused-ring (bicyclic) bond motifs is 2. The third kappa shape index (κ3) is 2.58. The van der Waals surface area contributed by atoms with E-state index in [-0.39, 0.29) is 6.61 Å². The molecule has 6 nitrogen and oxygen atoms in total. The number of ether oxygens (including phenoxy) is 1. The normalized spacial score (nSPS) is 11.2. The van der Waals surface area contributed by atoms with Crippen LogP contribution in [0.1, 0.15) is 5.82 Å². The number of pyridine rings is 1. The predicted octanol–water partition coefficient (Wildman–Crippen LogP) is 3.98. The van der Waals surface area contributed by atoms with Gasteiger partial charge in [0.05, 0.1) is 10.4 Å². The van der Waals surface area contributed by atoms with Crippen LogP contribution in [-0.4, -0.2) is 24.8 Å². The molecule has 4 aromatic heterocycles. The van der Waals surface area contributed by atoms with E-state index in [1.807, 2.05) is 60.0 Å². The molecule has 1 aromatic carbocycles. The summed E-state index contributed by atoms with van der Waals surface area (Å²) in [4.78, 5) is 5.46. The molecule has 0 N–H and O–H groups in total. The highest BCUT2D eigenvalue weighted by Crippen LogP contribution is 2.25. The quantitative estimate of drug-likeness (QED) is 0.486. The molecular formula is C19H13N5OS. The Morgan fingerprint density at radius 3 is 2.85 bits per heavy atom. The number of nitrogens with zero attached hydrogens (tertiary/aromatic N) is 5. The first-order chi connectivity index (χ1) is 12.9. The van der Waals surface area contributed by atoms with Crippen molar-refractivity contribution in [2.75, 3.05) is 0 Å². The van der Waals surface area contributed by atoms with Crippen LogP contribution in [0.3, 0.4) is 0 Å². The maximum absolute atomic E-state index is 6.00. The van der Waals surface area contributed by atoms with Crippen molar-refractivity contribution in [3.05, 3.63) is 72.0 Å². The third-order valence-electron chi connectivity index (χ3n) is 4.07. The molecule has 0 aliphatic rings. The number of benzene rings is 1. The van der Waals surface area contributed by atoms with Crippen LogP contribution < -0.4 is 4.74 Å². The van der Waals surface area contributed by atoms with Gasteiger partial charge in [-0.1, -0.05) is 18.2 Å². The van der Waals surface area contributed by atoms with Gasteiger partial charge in [-0.25, -0.2) is 0 Å². The molecule has 0 fully saturated rings. The van der Waals surface area contributed by atoms with Crippen molar-refractivity contribution in [1.82, 2.24) is 24.8 Å². The summed E-state index contributed by atoms with van der Waals surface area (Å²) in [5, 5.41) is 16.1. The van der Waals surface area contributed by atoms with Gasteiger partial charge in [0.15, 0.2) is 11.5 Å². The lowest BCUT2D eigenvalue weighted by atomic mass is 10.2. The summed E-state index contributed by atoms with van der Waals surface area (Å²) in [5.74, 6) is 1.42. The molecule has 0 saturated heterocycles. The van der Waals surface area contributed by atoms with E-state index in [0.717, 1.165) is 27.2 Å². The van der Waals surface area contributed by atoms with Crippen molar-refractivity contribution in [2.24, 2.45) is 0 Å². The number of thiophene rings is 1. The molecule has 0 amide bonds. The van der Waals surface area contributed by atoms with Crippen LogP contribution in [0.15, 0.2) is 66.2 Å². The van der Waals surface area contributed by atoms with Crippen molar-refractivity contribution in [1.29, 1.82) is 0 Å². The number of aromatic nitrogens is 5. The molecule has 0 spiro atoms. The fraction of sp³-hybridized carbons (Fsp3) is 0.0526. The molecular weight excluding hydrogens is 346 g/mol. The molecule has 4 heterocycles. The highest BCUT2D eigenvalue weighted by molar-refractivity contribution is 7.13. The average molecular weight is 359 g/mol. The number of para-hydroxylation sites is 1. The van der Waals surface area contributed by atoms with Crippen LogP contribution in [-0.2, 0) is 6.61 Å². The van der Waals surface area contributed by atoms with E-state index >= 15 is 0 Å². The van der Waals surface area contributed by atoms with Gasteiger partial charge in [-0.15, -0.1) is 21.5 Å². The number of hydrogen-bond donors (Lipinski definition) is 0. The highest BCUT2D eigenvalue weighted by atomic mass is 32.1. The van der Waals surface area contributed by atoms with Crippen molar-refractivity contribution < 1.29 is 4.74 Å². The van der Waals surface area contributed by atoms with E-state index in [0.29, 0.717) is 11.5 Å². The molecule has 0 atom stereocenters. The van der Waals surface area contributed by atoms with Crippen LogP contribution in [0.2, 0.25) is 0 Å². The van der Waals surface area contributed by atoms with Gasteiger partial charge in [-0.05, 0) is 41.8 Å². The maximum Gasteiger partial charge on any atom is 0.192 e. The van der Waals surface area contributed by atoms with Crippen molar-refractivity contribution in [2.45, 2.75) is 6.61 Å². The lowest BCUT2D eigenvalue weighted by molar-refractivity contribution is 0.296. The summed E-state index contributed by atoms with van der Waals surface area (Å²) in [5.41, 5.74) is 2.49. The summed E-state index contributed by atoms with van der Waals surface area (Å²) in [6.07, 6.45) is 1.74. The van der Waals surface area contributed by atoms with Gasteiger partial charge in [-0.3, -0.25) is 4.98 Å². The van der Waals surface area contributed by atoms with Crippen LogP contribution in [0, 0.1) is 0 Å². The zero-order valence-corrected chi connectivity index (χ0v) is 14.4. The Morgan fingerprint density at radius 2 is 1.92 bits per heavy atom. The second-order valence-corrected chi connectivity index (χ2v) is 6.64. The minimum absolute atomic E-state index is 0.274. The van der Waals surface area contributed by atoms with Gasteiger partial charge in [0.2, 0.25) is 0 Å². The first kappa shape index (κ1) is 15.0. The lowest BCUT2D eigenvalue weighted by Gasteiger charge is -2.08. The predicted molar refractivity (Wildman–Crippen MR) is 100 cm³/mol. The first-order valence-corrected chi connectivity index (χ1v) is 8.98. The minimum Gasteiger partial charge on any atom is -0.485 e. The van der Waals surface area contributed by atoms with Crippen LogP contribution >= 0.6 is 11.3 Å². The molecule has 5 rings (SSSR count). The standard InChI is InChI=1S/C19H13N5OS/c1-2-5-14-13(4-1)16(9-10-20-14)25-12-19-22-21-18-8-7-15(23-24(18)19)17-6-3-11-26-17/h1-11H,12H2. The minimum atomic E-state index is 0.274. The fourth-order valence-electron chi connectivity index (χ4n) is 2.82. The van der Waals surface area contributed by atoms with E-state index in [2.05, 4.69) is 20.3 Å². The SMILES string of the molecule is c1csc(-c2ccc3nnc(COc4ccnc5ccccc45)n3n2)c1. The molecule has 26 heavy (non-hydrogen) atoms. The Labute approximate surface area is 152 Å². The maximum atomic E-state index is 6.00. The molecule has 126 valence electrons. The second kappa shape index (κ2) is 6.20. The summed E-state index contributed by atoms with van der Waals surface area (Å²) < 4.78 is 7.74. The molecule has 0 aliphatic heterocycles. The van der Waals surface area contributed by atoms with Gasteiger partial charge in [0.25, 0.3) is 0 Å². The summed E-state index contributed by atoms with van der Waals surface area (Å²) >= 11 is 1.65. The Balaban J connectivity index is 1.48. The number of hydrogen-bond acceptors (Lipinski definition) is 6. The monoisotopic (exact) mass is 359 g/mol. The van der Waals surface area contributed by atoms with Crippen LogP contribution in [0.4, 0.5) is 0 Å². The molecule has 0 bridgehead atoms. The largest absolute Gasteiger partial charge is 0.485 e. The summed E-state index contributed by atoms with van der Waals surface area (Å²) in [6.45, 7) is 0.274. The van der Waals surface area contributed by atoms with Crippen LogP contribution in [0.25, 0.3) is 27.1 Å². The van der Waals surface area contributed by atoms with Crippen molar-refractivity contribution >= 4 is 27.9 Å². The summed E-state index contributed by atoms with van der Waals surface area (Å²) in [6, 6.07) is 17.7. The van der Waals surface area contributed by atoms with Gasteiger partial charge in [0, 0.05) is 11.6 Å². The van der Waals surface area contributed by atoms with Crippen molar-refractivity contribution in [3.8, 4) is 16.3 Å². The van der Waals surface area contributed by atoms with Crippen molar-refractivity contribution in [3.63, 3.8) is 0 Å². The Kier molecular flexibility index (Phi) is 3.57. The number of rotatable bonds is 4. The van der Waals surface area contributed by atoms with Gasteiger partial charge in [-0.2, -0.15) is 9.61 Å². The average Bonchev–Trinajstić information content (AvgIpc) is 3.36. The first-order valence-electron chi connectivity index (χ1n) is 8.10. The summed E-state index contributed by atoms with van der Waals surface area (Å²) in [7, 11) is 0. The zero-order valence-electron chi connectivity index (χ0n) is 13.6. The van der Waals surface area contributed by atoms with E-state index in [1.54, 1.807) is 22.0 Å². The zero-order chi connectivity index (χ0) is 17.3. The lowest BCUT2D eigenvalue weighted by Crippen LogP contribution is -2.04. The smallest absolute Gasteiger partial charge is 0.192 e. The van der Waals surface area contributed by atoms with E-state index in [4.69, 9.17) is 4.74 Å². The molecule has 0 radical (unpaired) electrons. The molecule has 5 aromatic rings. The Bertz CT molecular complexity index is 1190. The van der Waals surface area contributed by atoms with Gasteiger partial charge in [0.1, 0.15) is 18.1 Å². The topological polar surface area (TPSA) is 65.2 Å².